The number of hydrogen-bond donors (Lipinski definition) is 0. The minimum atomic E-state index is -0.357. The van der Waals surface area contributed by atoms with E-state index >= 15 is 0 Å². The van der Waals surface area contributed by atoms with E-state index in [0.717, 1.165) is 11.0 Å². The summed E-state index contributed by atoms with van der Waals surface area (Å²) < 4.78 is 44.9. The van der Waals surface area contributed by atoms with Gasteiger partial charge in [-0.3, -0.25) is 0 Å². The highest BCUT2D eigenvalue weighted by molar-refractivity contribution is 14.1. The molecule has 43 heavy (non-hydrogen) atoms. The Kier molecular flexibility index (Phi) is 18.8. The van der Waals surface area contributed by atoms with E-state index < -0.39 is 0 Å². The zero-order valence-corrected chi connectivity index (χ0v) is 27.4. The standard InChI is InChI=1S/C32H46INO9/c1-34(32(35)43-26-31-29-8-4-2-6-27(29)28-7-3-5-9-30(28)31)11-13-37-15-17-39-19-21-41-23-25-42-24-22-40-20-18-38-16-14-36-12-10-33/h2-9,31H,10-26H2,1H3. The minimum absolute atomic E-state index is 0.0474. The number of hydrogen-bond acceptors (Lipinski definition) is 9. The first-order valence-corrected chi connectivity index (χ1v) is 16.4. The predicted octanol–water partition coefficient (Wildman–Crippen LogP) is 4.42. The summed E-state index contributed by atoms with van der Waals surface area (Å²) in [5.74, 6) is 0.0474. The Balaban J connectivity index is 1.08. The van der Waals surface area contributed by atoms with E-state index in [-0.39, 0.29) is 12.0 Å². The number of halogens is 1. The Morgan fingerprint density at radius 3 is 1.40 bits per heavy atom. The van der Waals surface area contributed by atoms with Gasteiger partial charge in [-0.05, 0) is 22.3 Å². The van der Waals surface area contributed by atoms with Crippen molar-refractivity contribution in [3.63, 3.8) is 0 Å². The Morgan fingerprint density at radius 1 is 0.605 bits per heavy atom. The second-order valence-corrected chi connectivity index (χ2v) is 10.8. The van der Waals surface area contributed by atoms with E-state index in [1.54, 1.807) is 7.05 Å². The third-order valence-corrected chi connectivity index (χ3v) is 7.11. The smallest absolute Gasteiger partial charge is 0.409 e. The quantitative estimate of drug-likeness (QED) is 0.0842. The summed E-state index contributed by atoms with van der Waals surface area (Å²) in [6, 6.07) is 16.6. The van der Waals surface area contributed by atoms with Gasteiger partial charge in [0.05, 0.1) is 92.5 Å². The summed E-state index contributed by atoms with van der Waals surface area (Å²) in [6.45, 7) is 8.15. The molecule has 10 nitrogen and oxygen atoms in total. The number of carbonyl (C=O) groups excluding carboxylic acids is 1. The fourth-order valence-corrected chi connectivity index (χ4v) is 4.78. The van der Waals surface area contributed by atoms with Crippen LogP contribution in [0.3, 0.4) is 0 Å². The van der Waals surface area contributed by atoms with Crippen LogP contribution < -0.4 is 0 Å². The van der Waals surface area contributed by atoms with Crippen LogP contribution in [0.25, 0.3) is 11.1 Å². The van der Waals surface area contributed by atoms with Gasteiger partial charge in [0, 0.05) is 23.9 Å². The number of amides is 1. The SMILES string of the molecule is CN(CCOCCOCCOCCOCCOCCOCCOCCI)C(=O)OCC1c2ccccc2-c2ccccc21. The molecule has 240 valence electrons. The van der Waals surface area contributed by atoms with E-state index in [1.165, 1.54) is 27.2 Å². The molecule has 11 heteroatoms. The van der Waals surface area contributed by atoms with Gasteiger partial charge in [-0.15, -0.1) is 0 Å². The maximum Gasteiger partial charge on any atom is 0.409 e. The van der Waals surface area contributed by atoms with Crippen LogP contribution in [0.15, 0.2) is 48.5 Å². The first-order chi connectivity index (χ1) is 21.2. The van der Waals surface area contributed by atoms with Crippen molar-refractivity contribution in [3.05, 3.63) is 59.7 Å². The van der Waals surface area contributed by atoms with E-state index in [2.05, 4.69) is 46.9 Å². The zero-order valence-electron chi connectivity index (χ0n) is 25.2. The van der Waals surface area contributed by atoms with E-state index in [9.17, 15) is 4.79 Å². The lowest BCUT2D eigenvalue weighted by Gasteiger charge is -2.19. The van der Waals surface area contributed by atoms with Gasteiger partial charge in [0.25, 0.3) is 0 Å². The largest absolute Gasteiger partial charge is 0.448 e. The summed E-state index contributed by atoms with van der Waals surface area (Å²) in [6.07, 6.45) is -0.357. The molecule has 0 unspecified atom stereocenters. The van der Waals surface area contributed by atoms with Gasteiger partial charge in [-0.25, -0.2) is 4.79 Å². The number of fused-ring (bicyclic) bond motifs is 3. The molecule has 0 saturated heterocycles. The van der Waals surface area contributed by atoms with E-state index in [1.807, 2.05) is 24.3 Å². The summed E-state index contributed by atoms with van der Waals surface area (Å²) in [7, 11) is 1.72. The van der Waals surface area contributed by atoms with Gasteiger partial charge in [-0.1, -0.05) is 71.1 Å². The molecule has 3 rings (SSSR count). The molecule has 2 aromatic rings. The second-order valence-electron chi connectivity index (χ2n) is 9.70. The van der Waals surface area contributed by atoms with Crippen LogP contribution in [0, 0.1) is 0 Å². The second kappa shape index (κ2) is 22.6. The van der Waals surface area contributed by atoms with Crippen molar-refractivity contribution >= 4 is 28.7 Å². The van der Waals surface area contributed by atoms with Gasteiger partial charge in [-0.2, -0.15) is 0 Å². The van der Waals surface area contributed by atoms with E-state index in [4.69, 9.17) is 37.9 Å². The number of alkyl halides is 1. The average molecular weight is 716 g/mol. The molecule has 0 N–H and O–H groups in total. The lowest BCUT2D eigenvalue weighted by atomic mass is 9.98. The predicted molar refractivity (Wildman–Crippen MR) is 172 cm³/mol. The first kappa shape index (κ1) is 35.6. The van der Waals surface area contributed by atoms with Crippen molar-refractivity contribution in [2.75, 3.05) is 117 Å². The highest BCUT2D eigenvalue weighted by Crippen LogP contribution is 2.44. The van der Waals surface area contributed by atoms with Gasteiger partial charge in [0.15, 0.2) is 0 Å². The fourth-order valence-electron chi connectivity index (χ4n) is 4.47. The molecular formula is C32H46INO9. The van der Waals surface area contributed by atoms with Crippen molar-refractivity contribution < 1.29 is 42.7 Å². The topological polar surface area (TPSA) is 94.2 Å². The van der Waals surface area contributed by atoms with Gasteiger partial charge in [0.1, 0.15) is 6.61 Å². The Hall–Kier alpha value is -1.84. The van der Waals surface area contributed by atoms with Crippen molar-refractivity contribution in [1.29, 1.82) is 0 Å². The number of ether oxygens (including phenoxy) is 8. The molecule has 0 radical (unpaired) electrons. The van der Waals surface area contributed by atoms with Crippen molar-refractivity contribution in [1.82, 2.24) is 4.90 Å². The van der Waals surface area contributed by atoms with Crippen molar-refractivity contribution in [3.8, 4) is 11.1 Å². The lowest BCUT2D eigenvalue weighted by Crippen LogP contribution is -2.32. The number of nitrogens with zero attached hydrogens (tertiary/aromatic N) is 1. The molecule has 0 aliphatic heterocycles. The molecule has 0 aromatic heterocycles. The Labute approximate surface area is 269 Å². The summed E-state index contributed by atoms with van der Waals surface area (Å²) in [5.41, 5.74) is 4.82. The molecule has 0 atom stereocenters. The summed E-state index contributed by atoms with van der Waals surface area (Å²) in [4.78, 5) is 14.1. The van der Waals surface area contributed by atoms with Gasteiger partial charge in [0.2, 0.25) is 0 Å². The minimum Gasteiger partial charge on any atom is -0.448 e. The lowest BCUT2D eigenvalue weighted by molar-refractivity contribution is -0.0204. The van der Waals surface area contributed by atoms with Crippen molar-refractivity contribution in [2.24, 2.45) is 0 Å². The van der Waals surface area contributed by atoms with Crippen LogP contribution in [-0.2, 0) is 37.9 Å². The Morgan fingerprint density at radius 2 is 0.977 bits per heavy atom. The molecule has 1 aliphatic rings. The first-order valence-electron chi connectivity index (χ1n) is 14.9. The summed E-state index contributed by atoms with van der Waals surface area (Å²) in [5, 5.41) is 0. The molecule has 0 heterocycles. The molecule has 1 amide bonds. The number of likely N-dealkylation sites (N-methyl/N-ethyl adjacent to an activating group) is 1. The number of rotatable bonds is 25. The van der Waals surface area contributed by atoms with Gasteiger partial charge >= 0.3 is 6.09 Å². The molecule has 2 aromatic carbocycles. The molecule has 0 bridgehead atoms. The average Bonchev–Trinajstić information content (AvgIpc) is 3.35. The number of carbonyl (C=O) groups is 1. The van der Waals surface area contributed by atoms with E-state index in [0.29, 0.717) is 99.0 Å². The molecule has 1 aliphatic carbocycles. The third-order valence-electron chi connectivity index (χ3n) is 6.67. The van der Waals surface area contributed by atoms with Crippen molar-refractivity contribution in [2.45, 2.75) is 5.92 Å². The van der Waals surface area contributed by atoms with Crippen LogP contribution in [0.5, 0.6) is 0 Å². The highest BCUT2D eigenvalue weighted by Gasteiger charge is 2.29. The maximum atomic E-state index is 12.6. The fraction of sp³-hybridized carbons (Fsp3) is 0.594. The number of benzene rings is 2. The normalized spacial score (nSPS) is 12.3. The monoisotopic (exact) mass is 715 g/mol. The molecular weight excluding hydrogens is 669 g/mol. The van der Waals surface area contributed by atoms with Gasteiger partial charge < -0.3 is 42.8 Å². The third kappa shape index (κ3) is 13.8. The van der Waals surface area contributed by atoms with Crippen LogP contribution >= 0.6 is 22.6 Å². The van der Waals surface area contributed by atoms with Crippen LogP contribution in [-0.4, -0.2) is 128 Å². The molecule has 0 fully saturated rings. The van der Waals surface area contributed by atoms with Crippen LogP contribution in [0.1, 0.15) is 17.0 Å². The van der Waals surface area contributed by atoms with Crippen LogP contribution in [0.4, 0.5) is 4.79 Å². The highest BCUT2D eigenvalue weighted by atomic mass is 127. The Bertz CT molecular complexity index is 982. The van der Waals surface area contributed by atoms with Crippen LogP contribution in [0.2, 0.25) is 0 Å². The zero-order chi connectivity index (χ0) is 30.4. The molecule has 0 saturated carbocycles. The summed E-state index contributed by atoms with van der Waals surface area (Å²) >= 11 is 2.28. The maximum absolute atomic E-state index is 12.6. The molecule has 0 spiro atoms.